The van der Waals surface area contributed by atoms with Crippen molar-refractivity contribution in [2.75, 3.05) is 33.2 Å². The lowest BCUT2D eigenvalue weighted by Crippen LogP contribution is -2.30. The summed E-state index contributed by atoms with van der Waals surface area (Å²) >= 11 is 5.30. The minimum absolute atomic E-state index is 0.416. The number of hydrogen-bond donors (Lipinski definition) is 2. The van der Waals surface area contributed by atoms with E-state index in [4.69, 9.17) is 26.4 Å². The number of rotatable bonds is 7. The first kappa shape index (κ1) is 19.5. The van der Waals surface area contributed by atoms with Crippen molar-refractivity contribution >= 4 is 29.0 Å². The van der Waals surface area contributed by atoms with Crippen molar-refractivity contribution in [2.45, 2.75) is 6.42 Å². The van der Waals surface area contributed by atoms with Gasteiger partial charge in [-0.25, -0.2) is 4.79 Å². The number of nitrogens with one attached hydrogen (secondary N) is 2. The molecular formula is C19H22N2O4S. The van der Waals surface area contributed by atoms with Crippen molar-refractivity contribution in [3.8, 4) is 11.5 Å². The second kappa shape index (κ2) is 9.62. The number of benzene rings is 2. The Balaban J connectivity index is 1.91. The molecule has 6 nitrogen and oxygen atoms in total. The van der Waals surface area contributed by atoms with Crippen LogP contribution in [0.3, 0.4) is 0 Å². The second-order valence-electron chi connectivity index (χ2n) is 5.36. The quantitative estimate of drug-likeness (QED) is 0.570. The average molecular weight is 374 g/mol. The number of thiocarbonyl (C=S) groups is 1. The van der Waals surface area contributed by atoms with Crippen LogP contribution in [-0.4, -0.2) is 39.0 Å². The first-order valence-corrected chi connectivity index (χ1v) is 8.43. The molecule has 0 heterocycles. The zero-order valence-electron chi connectivity index (χ0n) is 15.0. The van der Waals surface area contributed by atoms with Gasteiger partial charge in [0.1, 0.15) is 0 Å². The fourth-order valence-corrected chi connectivity index (χ4v) is 2.62. The molecule has 0 saturated carbocycles. The SMILES string of the molecule is COC(=O)c1ccccc1NC(=S)NCCc1ccc(OC)c(OC)c1. The van der Waals surface area contributed by atoms with Gasteiger partial charge in [0, 0.05) is 6.54 Å². The molecule has 26 heavy (non-hydrogen) atoms. The number of anilines is 1. The highest BCUT2D eigenvalue weighted by Crippen LogP contribution is 2.27. The first-order chi connectivity index (χ1) is 12.6. The molecule has 0 fully saturated rings. The summed E-state index contributed by atoms with van der Waals surface area (Å²) in [5.41, 5.74) is 2.12. The highest BCUT2D eigenvalue weighted by molar-refractivity contribution is 7.80. The van der Waals surface area contributed by atoms with E-state index >= 15 is 0 Å². The Kier molecular flexibility index (Phi) is 7.23. The van der Waals surface area contributed by atoms with Crippen molar-refractivity contribution in [1.82, 2.24) is 5.32 Å². The maximum atomic E-state index is 11.8. The zero-order valence-corrected chi connectivity index (χ0v) is 15.8. The van der Waals surface area contributed by atoms with Gasteiger partial charge in [-0.2, -0.15) is 0 Å². The van der Waals surface area contributed by atoms with E-state index in [1.54, 1.807) is 32.4 Å². The van der Waals surface area contributed by atoms with E-state index in [-0.39, 0.29) is 0 Å². The van der Waals surface area contributed by atoms with E-state index in [0.717, 1.165) is 12.0 Å². The van der Waals surface area contributed by atoms with Crippen LogP contribution in [0, 0.1) is 0 Å². The predicted molar refractivity (Wildman–Crippen MR) is 105 cm³/mol. The number of carbonyl (C=O) groups excluding carboxylic acids is 1. The number of methoxy groups -OCH3 is 3. The van der Waals surface area contributed by atoms with E-state index in [9.17, 15) is 4.79 Å². The normalized spacial score (nSPS) is 9.96. The summed E-state index contributed by atoms with van der Waals surface area (Å²) in [5, 5.41) is 6.59. The Morgan fingerprint density at radius 3 is 2.46 bits per heavy atom. The maximum absolute atomic E-state index is 11.8. The standard InChI is InChI=1S/C19H22N2O4S/c1-23-16-9-8-13(12-17(16)24-2)10-11-20-19(26)21-15-7-5-4-6-14(15)18(22)25-3/h4-9,12H,10-11H2,1-3H3,(H2,20,21,26). The summed E-state index contributed by atoms with van der Waals surface area (Å²) in [4.78, 5) is 11.8. The summed E-state index contributed by atoms with van der Waals surface area (Å²) in [7, 11) is 4.56. The predicted octanol–water partition coefficient (Wildman–Crippen LogP) is 3.02. The summed E-state index contributed by atoms with van der Waals surface area (Å²) < 4.78 is 15.3. The number of hydrogen-bond acceptors (Lipinski definition) is 5. The van der Waals surface area contributed by atoms with Crippen molar-refractivity contribution in [2.24, 2.45) is 0 Å². The minimum atomic E-state index is -0.416. The summed E-state index contributed by atoms with van der Waals surface area (Å²) in [6.45, 7) is 0.627. The van der Waals surface area contributed by atoms with E-state index in [2.05, 4.69) is 10.6 Å². The van der Waals surface area contributed by atoms with Crippen LogP contribution >= 0.6 is 12.2 Å². The zero-order chi connectivity index (χ0) is 18.9. The van der Waals surface area contributed by atoms with Crippen LogP contribution in [-0.2, 0) is 11.2 Å². The molecule has 2 aromatic rings. The van der Waals surface area contributed by atoms with Gasteiger partial charge in [-0.15, -0.1) is 0 Å². The van der Waals surface area contributed by atoms with E-state index in [1.165, 1.54) is 7.11 Å². The molecule has 0 amide bonds. The lowest BCUT2D eigenvalue weighted by atomic mass is 10.1. The average Bonchev–Trinajstić information content (AvgIpc) is 2.67. The van der Waals surface area contributed by atoms with Crippen LogP contribution in [0.15, 0.2) is 42.5 Å². The molecule has 0 saturated heterocycles. The van der Waals surface area contributed by atoms with Crippen LogP contribution < -0.4 is 20.1 Å². The molecule has 0 aliphatic rings. The first-order valence-electron chi connectivity index (χ1n) is 8.02. The van der Waals surface area contributed by atoms with Crippen LogP contribution in [0.4, 0.5) is 5.69 Å². The lowest BCUT2D eigenvalue weighted by Gasteiger charge is -2.13. The number of esters is 1. The lowest BCUT2D eigenvalue weighted by molar-refractivity contribution is 0.0602. The Labute approximate surface area is 158 Å². The fourth-order valence-electron chi connectivity index (χ4n) is 2.40. The van der Waals surface area contributed by atoms with Crippen molar-refractivity contribution < 1.29 is 19.0 Å². The Morgan fingerprint density at radius 1 is 1.04 bits per heavy atom. The Hall–Kier alpha value is -2.80. The van der Waals surface area contributed by atoms with Gasteiger partial charge in [-0.05, 0) is 48.5 Å². The molecule has 2 rings (SSSR count). The molecule has 0 aliphatic heterocycles. The molecular weight excluding hydrogens is 352 g/mol. The van der Waals surface area contributed by atoms with Crippen molar-refractivity contribution in [1.29, 1.82) is 0 Å². The molecule has 7 heteroatoms. The van der Waals surface area contributed by atoms with Gasteiger partial charge in [-0.1, -0.05) is 18.2 Å². The van der Waals surface area contributed by atoms with Gasteiger partial charge in [0.15, 0.2) is 16.6 Å². The highest BCUT2D eigenvalue weighted by Gasteiger charge is 2.11. The molecule has 2 N–H and O–H groups in total. The Bertz CT molecular complexity index is 780. The fraction of sp³-hybridized carbons (Fsp3) is 0.263. The van der Waals surface area contributed by atoms with Crippen LogP contribution in [0.1, 0.15) is 15.9 Å². The molecule has 138 valence electrons. The van der Waals surface area contributed by atoms with E-state index in [0.29, 0.717) is 34.4 Å². The van der Waals surface area contributed by atoms with E-state index < -0.39 is 5.97 Å². The van der Waals surface area contributed by atoms with Gasteiger partial charge in [0.2, 0.25) is 0 Å². The molecule has 0 bridgehead atoms. The third-order valence-corrected chi connectivity index (χ3v) is 3.97. The molecule has 0 radical (unpaired) electrons. The van der Waals surface area contributed by atoms with Crippen molar-refractivity contribution in [3.05, 3.63) is 53.6 Å². The topological polar surface area (TPSA) is 68.8 Å². The van der Waals surface area contributed by atoms with Crippen LogP contribution in [0.2, 0.25) is 0 Å². The highest BCUT2D eigenvalue weighted by atomic mass is 32.1. The number of para-hydroxylation sites is 1. The molecule has 0 atom stereocenters. The van der Waals surface area contributed by atoms with Crippen LogP contribution in [0.25, 0.3) is 0 Å². The molecule has 2 aromatic carbocycles. The van der Waals surface area contributed by atoms with Gasteiger partial charge in [-0.3, -0.25) is 0 Å². The maximum Gasteiger partial charge on any atom is 0.339 e. The third-order valence-electron chi connectivity index (χ3n) is 3.73. The molecule has 0 spiro atoms. The monoisotopic (exact) mass is 374 g/mol. The van der Waals surface area contributed by atoms with Gasteiger partial charge >= 0.3 is 5.97 Å². The second-order valence-corrected chi connectivity index (χ2v) is 5.77. The van der Waals surface area contributed by atoms with E-state index in [1.807, 2.05) is 24.3 Å². The minimum Gasteiger partial charge on any atom is -0.493 e. The molecule has 0 aromatic heterocycles. The molecule has 0 aliphatic carbocycles. The largest absolute Gasteiger partial charge is 0.493 e. The summed E-state index contributed by atoms with van der Waals surface area (Å²) in [6.07, 6.45) is 0.751. The third kappa shape index (κ3) is 5.10. The van der Waals surface area contributed by atoms with Crippen LogP contribution in [0.5, 0.6) is 11.5 Å². The molecule has 0 unspecified atom stereocenters. The number of carbonyl (C=O) groups is 1. The summed E-state index contributed by atoms with van der Waals surface area (Å²) in [5.74, 6) is 0.972. The van der Waals surface area contributed by atoms with Gasteiger partial charge in [0.25, 0.3) is 0 Å². The Morgan fingerprint density at radius 2 is 1.77 bits per heavy atom. The van der Waals surface area contributed by atoms with Gasteiger partial charge < -0.3 is 24.8 Å². The number of ether oxygens (including phenoxy) is 3. The summed E-state index contributed by atoms with van der Waals surface area (Å²) in [6, 6.07) is 12.8. The van der Waals surface area contributed by atoms with Gasteiger partial charge in [0.05, 0.1) is 32.6 Å². The van der Waals surface area contributed by atoms with Crippen molar-refractivity contribution in [3.63, 3.8) is 0 Å². The smallest absolute Gasteiger partial charge is 0.339 e.